The molecule has 0 bridgehead atoms. The first kappa shape index (κ1) is 16.9. The van der Waals surface area contributed by atoms with Crippen molar-refractivity contribution in [3.05, 3.63) is 64.7 Å². The molecule has 0 aliphatic carbocycles. The van der Waals surface area contributed by atoms with Gasteiger partial charge < -0.3 is 10.1 Å². The highest BCUT2D eigenvalue weighted by Crippen LogP contribution is 2.14. The molecule has 0 atom stereocenters. The van der Waals surface area contributed by atoms with Gasteiger partial charge in [-0.3, -0.25) is 4.79 Å². The molecular formula is C19H18ClNO2. The lowest BCUT2D eigenvalue weighted by Crippen LogP contribution is -2.23. The van der Waals surface area contributed by atoms with Gasteiger partial charge in [-0.05, 0) is 50.2 Å². The molecular weight excluding hydrogens is 310 g/mol. The number of carbonyl (C=O) groups is 1. The van der Waals surface area contributed by atoms with Gasteiger partial charge in [0, 0.05) is 11.1 Å². The van der Waals surface area contributed by atoms with Crippen molar-refractivity contribution >= 4 is 17.5 Å². The average Bonchev–Trinajstić information content (AvgIpc) is 2.53. The first-order chi connectivity index (χ1) is 11.1. The Bertz CT molecular complexity index is 727. The lowest BCUT2D eigenvalue weighted by atomic mass is 10.2. The van der Waals surface area contributed by atoms with E-state index >= 15 is 0 Å². The second-order valence-corrected chi connectivity index (χ2v) is 5.56. The Morgan fingerprint density at radius 3 is 2.52 bits per heavy atom. The lowest BCUT2D eigenvalue weighted by Gasteiger charge is -2.09. The van der Waals surface area contributed by atoms with Gasteiger partial charge in [0.15, 0.2) is 0 Å². The van der Waals surface area contributed by atoms with Gasteiger partial charge in [-0.2, -0.15) is 0 Å². The van der Waals surface area contributed by atoms with Crippen molar-refractivity contribution in [2.75, 3.05) is 6.54 Å². The van der Waals surface area contributed by atoms with Crippen LogP contribution >= 0.6 is 11.6 Å². The first-order valence-corrected chi connectivity index (χ1v) is 7.72. The van der Waals surface area contributed by atoms with Gasteiger partial charge in [-0.1, -0.05) is 35.6 Å². The zero-order chi connectivity index (χ0) is 16.7. The zero-order valence-electron chi connectivity index (χ0n) is 13.1. The van der Waals surface area contributed by atoms with E-state index in [-0.39, 0.29) is 18.6 Å². The number of rotatable bonds is 4. The zero-order valence-corrected chi connectivity index (χ0v) is 13.9. The number of hydrogen-bond acceptors (Lipinski definition) is 2. The molecule has 0 unspecified atom stereocenters. The molecule has 3 nitrogen and oxygen atoms in total. The molecule has 4 heteroatoms. The van der Waals surface area contributed by atoms with Gasteiger partial charge in [0.25, 0.3) is 5.91 Å². The van der Waals surface area contributed by atoms with Crippen LogP contribution in [0.5, 0.6) is 5.75 Å². The highest BCUT2D eigenvalue weighted by Gasteiger charge is 2.04. The highest BCUT2D eigenvalue weighted by molar-refractivity contribution is 6.31. The van der Waals surface area contributed by atoms with Gasteiger partial charge in [0.1, 0.15) is 5.75 Å². The summed E-state index contributed by atoms with van der Waals surface area (Å²) in [6, 6.07) is 14.4. The van der Waals surface area contributed by atoms with Crippen molar-refractivity contribution < 1.29 is 9.53 Å². The van der Waals surface area contributed by atoms with Crippen molar-refractivity contribution in [2.45, 2.75) is 20.0 Å². The van der Waals surface area contributed by atoms with E-state index in [1.165, 1.54) is 0 Å². The van der Waals surface area contributed by atoms with Gasteiger partial charge in [0.2, 0.25) is 0 Å². The second kappa shape index (κ2) is 8.26. The Balaban J connectivity index is 1.89. The summed E-state index contributed by atoms with van der Waals surface area (Å²) in [4.78, 5) is 12.0. The predicted molar refractivity (Wildman–Crippen MR) is 92.9 cm³/mol. The fourth-order valence-corrected chi connectivity index (χ4v) is 2.07. The molecule has 2 aromatic rings. The van der Waals surface area contributed by atoms with Crippen LogP contribution < -0.4 is 10.1 Å². The van der Waals surface area contributed by atoms with Crippen LogP contribution in [0.1, 0.15) is 29.8 Å². The fraction of sp³-hybridized carbons (Fsp3) is 0.211. The molecule has 23 heavy (non-hydrogen) atoms. The van der Waals surface area contributed by atoms with Crippen LogP contribution in [0.2, 0.25) is 5.02 Å². The van der Waals surface area contributed by atoms with Gasteiger partial charge in [-0.15, -0.1) is 0 Å². The molecule has 1 amide bonds. The van der Waals surface area contributed by atoms with E-state index in [0.29, 0.717) is 10.6 Å². The predicted octanol–water partition coefficient (Wildman–Crippen LogP) is 3.91. The van der Waals surface area contributed by atoms with Crippen molar-refractivity contribution in [1.82, 2.24) is 5.32 Å². The number of ether oxygens (including phenoxy) is 1. The van der Waals surface area contributed by atoms with Crippen molar-refractivity contribution in [3.63, 3.8) is 0 Å². The Hall–Kier alpha value is -2.44. The standard InChI is InChI=1S/C19H18ClNO2/c1-14(2)23-17-11-9-16(10-12-17)19(22)21-13-5-7-15-6-3-4-8-18(15)20/h3-4,6,8-12,14H,13H2,1-2H3,(H,21,22). The van der Waals surface area contributed by atoms with E-state index < -0.39 is 0 Å². The summed E-state index contributed by atoms with van der Waals surface area (Å²) in [5.41, 5.74) is 1.32. The van der Waals surface area contributed by atoms with E-state index in [2.05, 4.69) is 17.2 Å². The normalized spacial score (nSPS) is 9.91. The summed E-state index contributed by atoms with van der Waals surface area (Å²) in [5.74, 6) is 6.40. The Labute approximate surface area is 141 Å². The summed E-state index contributed by atoms with van der Waals surface area (Å²) in [6.07, 6.45) is 0.106. The Morgan fingerprint density at radius 2 is 1.87 bits per heavy atom. The molecule has 0 heterocycles. The molecule has 0 saturated heterocycles. The summed E-state index contributed by atoms with van der Waals surface area (Å²) < 4.78 is 5.54. The number of nitrogens with one attached hydrogen (secondary N) is 1. The molecule has 0 spiro atoms. The average molecular weight is 328 g/mol. The number of amides is 1. The molecule has 0 aromatic heterocycles. The van der Waals surface area contributed by atoms with Crippen LogP contribution in [-0.4, -0.2) is 18.6 Å². The van der Waals surface area contributed by atoms with Crippen LogP contribution in [-0.2, 0) is 0 Å². The largest absolute Gasteiger partial charge is 0.491 e. The summed E-state index contributed by atoms with van der Waals surface area (Å²) in [5, 5.41) is 3.36. The number of carbonyl (C=O) groups excluding carboxylic acids is 1. The summed E-state index contributed by atoms with van der Waals surface area (Å²) >= 11 is 6.01. The van der Waals surface area contributed by atoms with E-state index in [1.54, 1.807) is 30.3 Å². The SMILES string of the molecule is CC(C)Oc1ccc(C(=O)NCC#Cc2ccccc2Cl)cc1. The van der Waals surface area contributed by atoms with E-state index in [4.69, 9.17) is 16.3 Å². The van der Waals surface area contributed by atoms with E-state index in [0.717, 1.165) is 11.3 Å². The molecule has 0 aliphatic rings. The molecule has 0 fully saturated rings. The summed E-state index contributed by atoms with van der Waals surface area (Å²) in [6.45, 7) is 4.17. The minimum absolute atomic E-state index is 0.106. The van der Waals surface area contributed by atoms with E-state index in [1.807, 2.05) is 32.0 Å². The molecule has 118 valence electrons. The van der Waals surface area contributed by atoms with Crippen LogP contribution in [0.3, 0.4) is 0 Å². The Kier molecular flexibility index (Phi) is 6.08. The third-order valence-corrected chi connectivity index (χ3v) is 3.25. The first-order valence-electron chi connectivity index (χ1n) is 7.34. The van der Waals surface area contributed by atoms with Crippen LogP contribution in [0.25, 0.3) is 0 Å². The van der Waals surface area contributed by atoms with Crippen LogP contribution in [0.4, 0.5) is 0 Å². The third-order valence-electron chi connectivity index (χ3n) is 2.92. The maximum Gasteiger partial charge on any atom is 0.252 e. The minimum atomic E-state index is -0.172. The monoisotopic (exact) mass is 327 g/mol. The third kappa shape index (κ3) is 5.36. The Morgan fingerprint density at radius 1 is 1.17 bits per heavy atom. The van der Waals surface area contributed by atoms with Gasteiger partial charge in [-0.25, -0.2) is 0 Å². The molecule has 0 saturated carbocycles. The van der Waals surface area contributed by atoms with Crippen molar-refractivity contribution in [2.24, 2.45) is 0 Å². The van der Waals surface area contributed by atoms with E-state index in [9.17, 15) is 4.79 Å². The smallest absolute Gasteiger partial charge is 0.252 e. The number of hydrogen-bond donors (Lipinski definition) is 1. The van der Waals surface area contributed by atoms with Crippen molar-refractivity contribution in [3.8, 4) is 17.6 Å². The number of benzene rings is 2. The molecule has 2 rings (SSSR count). The maximum atomic E-state index is 12.0. The fourth-order valence-electron chi connectivity index (χ4n) is 1.89. The molecule has 2 aromatic carbocycles. The molecule has 1 N–H and O–H groups in total. The van der Waals surface area contributed by atoms with Gasteiger partial charge >= 0.3 is 0 Å². The van der Waals surface area contributed by atoms with Crippen molar-refractivity contribution in [1.29, 1.82) is 0 Å². The minimum Gasteiger partial charge on any atom is -0.491 e. The topological polar surface area (TPSA) is 38.3 Å². The number of halogens is 1. The second-order valence-electron chi connectivity index (χ2n) is 5.16. The molecule has 0 radical (unpaired) electrons. The maximum absolute atomic E-state index is 12.0. The summed E-state index contributed by atoms with van der Waals surface area (Å²) in [7, 11) is 0. The van der Waals surface area contributed by atoms with Crippen LogP contribution in [0, 0.1) is 11.8 Å². The molecule has 0 aliphatic heterocycles. The highest BCUT2D eigenvalue weighted by atomic mass is 35.5. The lowest BCUT2D eigenvalue weighted by molar-refractivity contribution is 0.0958. The van der Waals surface area contributed by atoms with Crippen LogP contribution in [0.15, 0.2) is 48.5 Å². The quantitative estimate of drug-likeness (QED) is 0.865. The van der Waals surface area contributed by atoms with Gasteiger partial charge in [0.05, 0.1) is 17.7 Å².